The number of carbonyl (C=O) groups excluding carboxylic acids is 1. The lowest BCUT2D eigenvalue weighted by molar-refractivity contribution is 0.0168. The van der Waals surface area contributed by atoms with Crippen molar-refractivity contribution < 1.29 is 14.3 Å². The van der Waals surface area contributed by atoms with Gasteiger partial charge in [0.15, 0.2) is 5.96 Å². The van der Waals surface area contributed by atoms with E-state index in [0.29, 0.717) is 19.0 Å². The van der Waals surface area contributed by atoms with Crippen LogP contribution in [0, 0.1) is 5.92 Å². The van der Waals surface area contributed by atoms with Crippen molar-refractivity contribution in [2.75, 3.05) is 40.8 Å². The maximum atomic E-state index is 12.4. The molecule has 170 valence electrons. The Balaban J connectivity index is 0.00000450. The monoisotopic (exact) mass is 532 g/mol. The van der Waals surface area contributed by atoms with Crippen molar-refractivity contribution in [3.8, 4) is 5.75 Å². The van der Waals surface area contributed by atoms with Gasteiger partial charge in [0.05, 0.1) is 7.11 Å². The summed E-state index contributed by atoms with van der Waals surface area (Å²) >= 11 is 0. The third-order valence-electron chi connectivity index (χ3n) is 4.89. The number of rotatable bonds is 5. The standard InChI is InChI=1S/C22H36N4O3.HI/c1-22(2,3)29-21(27)26-13-9-10-17(15-26)14-24-20(23-4)25(5)16-18-11-7-8-12-19(18)28-6;/h7-8,11-12,17H,9-10,13-16H2,1-6H3,(H,23,24);1H. The quantitative estimate of drug-likeness (QED) is 0.353. The van der Waals surface area contributed by atoms with Gasteiger partial charge < -0.3 is 24.6 Å². The average molecular weight is 532 g/mol. The van der Waals surface area contributed by atoms with Gasteiger partial charge >= 0.3 is 6.09 Å². The molecule has 1 atom stereocenters. The number of hydrogen-bond acceptors (Lipinski definition) is 4. The van der Waals surface area contributed by atoms with Crippen LogP contribution in [0.1, 0.15) is 39.2 Å². The average Bonchev–Trinajstić information content (AvgIpc) is 2.68. The van der Waals surface area contributed by atoms with E-state index < -0.39 is 5.60 Å². The number of guanidine groups is 1. The molecule has 0 spiro atoms. The summed E-state index contributed by atoms with van der Waals surface area (Å²) in [6.07, 6.45) is 1.85. The number of para-hydroxylation sites is 1. The Labute approximate surface area is 198 Å². The van der Waals surface area contributed by atoms with E-state index in [1.165, 1.54) is 0 Å². The number of nitrogens with one attached hydrogen (secondary N) is 1. The lowest BCUT2D eigenvalue weighted by atomic mass is 9.98. The summed E-state index contributed by atoms with van der Waals surface area (Å²) in [5.41, 5.74) is 0.639. The molecule has 1 unspecified atom stereocenters. The lowest BCUT2D eigenvalue weighted by Gasteiger charge is -2.34. The van der Waals surface area contributed by atoms with E-state index in [9.17, 15) is 4.79 Å². The van der Waals surface area contributed by atoms with Gasteiger partial charge in [0.25, 0.3) is 0 Å². The van der Waals surface area contributed by atoms with Crippen molar-refractivity contribution in [2.45, 2.75) is 45.8 Å². The van der Waals surface area contributed by atoms with Crippen molar-refractivity contribution in [2.24, 2.45) is 10.9 Å². The van der Waals surface area contributed by atoms with Gasteiger partial charge in [-0.2, -0.15) is 0 Å². The molecular weight excluding hydrogens is 495 g/mol. The molecule has 1 N–H and O–H groups in total. The largest absolute Gasteiger partial charge is 0.496 e. The molecular formula is C22H37IN4O3. The van der Waals surface area contributed by atoms with E-state index in [0.717, 1.165) is 43.2 Å². The van der Waals surface area contributed by atoms with Crippen molar-refractivity contribution in [1.82, 2.24) is 15.1 Å². The van der Waals surface area contributed by atoms with Gasteiger partial charge in [0.1, 0.15) is 11.4 Å². The maximum absolute atomic E-state index is 12.4. The first-order valence-electron chi connectivity index (χ1n) is 10.2. The third-order valence-corrected chi connectivity index (χ3v) is 4.89. The summed E-state index contributed by atoms with van der Waals surface area (Å²) in [6, 6.07) is 8.00. The predicted molar refractivity (Wildman–Crippen MR) is 132 cm³/mol. The fraction of sp³-hybridized carbons (Fsp3) is 0.636. The fourth-order valence-corrected chi connectivity index (χ4v) is 3.51. The van der Waals surface area contributed by atoms with Crippen LogP contribution in [0.4, 0.5) is 4.79 Å². The predicted octanol–water partition coefficient (Wildman–Crippen LogP) is 3.97. The number of ether oxygens (including phenoxy) is 2. The Kier molecular flexibility index (Phi) is 10.7. The SMILES string of the molecule is CN=C(NCC1CCCN(C(=O)OC(C)(C)C)C1)N(C)Cc1ccccc1OC.I. The van der Waals surface area contributed by atoms with Crippen LogP contribution in [-0.4, -0.2) is 68.3 Å². The molecule has 0 bridgehead atoms. The first-order chi connectivity index (χ1) is 13.7. The highest BCUT2D eigenvalue weighted by molar-refractivity contribution is 14.0. The van der Waals surface area contributed by atoms with E-state index in [1.807, 2.05) is 50.9 Å². The number of piperidine rings is 1. The highest BCUT2D eigenvalue weighted by Crippen LogP contribution is 2.20. The number of aliphatic imine (C=N–C) groups is 1. The molecule has 1 aliphatic heterocycles. The van der Waals surface area contributed by atoms with Crippen LogP contribution in [0.2, 0.25) is 0 Å². The van der Waals surface area contributed by atoms with Gasteiger partial charge in [-0.05, 0) is 45.6 Å². The zero-order chi connectivity index (χ0) is 21.4. The van der Waals surface area contributed by atoms with Crippen LogP contribution >= 0.6 is 24.0 Å². The number of hydrogen-bond donors (Lipinski definition) is 1. The van der Waals surface area contributed by atoms with Gasteiger partial charge in [-0.3, -0.25) is 4.99 Å². The molecule has 8 heteroatoms. The Morgan fingerprint density at radius 1 is 1.33 bits per heavy atom. The van der Waals surface area contributed by atoms with Crippen molar-refractivity contribution in [1.29, 1.82) is 0 Å². The first-order valence-corrected chi connectivity index (χ1v) is 10.2. The molecule has 0 saturated carbocycles. The van der Waals surface area contributed by atoms with E-state index >= 15 is 0 Å². The molecule has 1 amide bonds. The molecule has 1 aromatic carbocycles. The highest BCUT2D eigenvalue weighted by atomic mass is 127. The minimum absolute atomic E-state index is 0. The van der Waals surface area contributed by atoms with Gasteiger partial charge in [-0.1, -0.05) is 18.2 Å². The summed E-state index contributed by atoms with van der Waals surface area (Å²) in [7, 11) is 5.48. The van der Waals surface area contributed by atoms with Crippen LogP contribution < -0.4 is 10.1 Å². The van der Waals surface area contributed by atoms with Gasteiger partial charge in [-0.25, -0.2) is 4.79 Å². The molecule has 2 rings (SSSR count). The number of nitrogens with zero attached hydrogens (tertiary/aromatic N) is 3. The van der Waals surface area contributed by atoms with Crippen LogP contribution in [0.5, 0.6) is 5.75 Å². The number of benzene rings is 1. The molecule has 1 heterocycles. The molecule has 1 fully saturated rings. The summed E-state index contributed by atoms with van der Waals surface area (Å²) in [5, 5.41) is 3.46. The van der Waals surface area contributed by atoms with E-state index in [-0.39, 0.29) is 30.1 Å². The van der Waals surface area contributed by atoms with Crippen LogP contribution in [0.15, 0.2) is 29.3 Å². The van der Waals surface area contributed by atoms with Crippen LogP contribution in [0.25, 0.3) is 0 Å². The highest BCUT2D eigenvalue weighted by Gasteiger charge is 2.27. The molecule has 0 radical (unpaired) electrons. The van der Waals surface area contributed by atoms with Crippen LogP contribution in [0.3, 0.4) is 0 Å². The van der Waals surface area contributed by atoms with Crippen molar-refractivity contribution in [3.05, 3.63) is 29.8 Å². The molecule has 7 nitrogen and oxygen atoms in total. The Morgan fingerprint density at radius 2 is 2.03 bits per heavy atom. The van der Waals surface area contributed by atoms with Gasteiger partial charge in [0, 0.05) is 45.8 Å². The maximum Gasteiger partial charge on any atom is 0.410 e. The van der Waals surface area contributed by atoms with Gasteiger partial charge in [0.2, 0.25) is 0 Å². The molecule has 0 aliphatic carbocycles. The Bertz CT molecular complexity index is 706. The molecule has 30 heavy (non-hydrogen) atoms. The smallest absolute Gasteiger partial charge is 0.410 e. The first kappa shape index (κ1) is 26.3. The normalized spacial score (nSPS) is 17.1. The summed E-state index contributed by atoms with van der Waals surface area (Å²) in [6.45, 7) is 8.61. The topological polar surface area (TPSA) is 66.4 Å². The summed E-state index contributed by atoms with van der Waals surface area (Å²) < 4.78 is 11.0. The number of halogens is 1. The summed E-state index contributed by atoms with van der Waals surface area (Å²) in [4.78, 5) is 20.7. The molecule has 1 aromatic rings. The minimum Gasteiger partial charge on any atom is -0.496 e. The minimum atomic E-state index is -0.467. The number of methoxy groups -OCH3 is 1. The zero-order valence-corrected chi connectivity index (χ0v) is 21.4. The second-order valence-corrected chi connectivity index (χ2v) is 8.53. The summed E-state index contributed by atoms with van der Waals surface area (Å²) in [5.74, 6) is 2.06. The van der Waals surface area contributed by atoms with E-state index in [1.54, 1.807) is 14.2 Å². The second-order valence-electron chi connectivity index (χ2n) is 8.53. The van der Waals surface area contributed by atoms with Crippen molar-refractivity contribution >= 4 is 36.0 Å². The van der Waals surface area contributed by atoms with E-state index in [2.05, 4.69) is 21.3 Å². The third kappa shape index (κ3) is 8.20. The van der Waals surface area contributed by atoms with E-state index in [4.69, 9.17) is 9.47 Å². The number of likely N-dealkylation sites (tertiary alicyclic amines) is 1. The van der Waals surface area contributed by atoms with Gasteiger partial charge in [-0.15, -0.1) is 24.0 Å². The molecule has 0 aromatic heterocycles. The second kappa shape index (κ2) is 12.2. The van der Waals surface area contributed by atoms with Crippen molar-refractivity contribution in [3.63, 3.8) is 0 Å². The van der Waals surface area contributed by atoms with Crippen LogP contribution in [-0.2, 0) is 11.3 Å². The zero-order valence-electron chi connectivity index (χ0n) is 19.1. The molecule has 1 saturated heterocycles. The Morgan fingerprint density at radius 3 is 2.67 bits per heavy atom. The number of amides is 1. The number of carbonyl (C=O) groups is 1. The lowest BCUT2D eigenvalue weighted by Crippen LogP contribution is -2.47. The Hall–Kier alpha value is -1.71. The molecule has 1 aliphatic rings. The fourth-order valence-electron chi connectivity index (χ4n) is 3.51.